The maximum Gasteiger partial charge on any atom is 0.215 e. The molecule has 0 fully saturated rings. The Bertz CT molecular complexity index is 1880. The zero-order valence-electron chi connectivity index (χ0n) is 25.5. The molecule has 42 heavy (non-hydrogen) atoms. The molecular formula is C40H40N2+2. The first-order valence-electron chi connectivity index (χ1n) is 15.2. The fourth-order valence-corrected chi connectivity index (χ4v) is 7.84. The van der Waals surface area contributed by atoms with E-state index >= 15 is 0 Å². The molecule has 0 N–H and O–H groups in total. The number of rotatable bonds is 1. The van der Waals surface area contributed by atoms with Crippen LogP contribution in [0.3, 0.4) is 0 Å². The van der Waals surface area contributed by atoms with Crippen molar-refractivity contribution in [2.75, 3.05) is 0 Å². The summed E-state index contributed by atoms with van der Waals surface area (Å²) in [6, 6.07) is 33.7. The van der Waals surface area contributed by atoms with Crippen molar-refractivity contribution in [1.29, 1.82) is 0 Å². The van der Waals surface area contributed by atoms with E-state index in [9.17, 15) is 0 Å². The Morgan fingerprint density at radius 3 is 2.31 bits per heavy atom. The first-order valence-corrected chi connectivity index (χ1v) is 15.2. The third-order valence-electron chi connectivity index (χ3n) is 10.5. The first kappa shape index (κ1) is 26.6. The smallest absolute Gasteiger partial charge is 0.198 e. The lowest BCUT2D eigenvalue weighted by Gasteiger charge is -2.48. The quantitative estimate of drug-likeness (QED) is 0.147. The van der Waals surface area contributed by atoms with Crippen LogP contribution in [-0.2, 0) is 23.9 Å². The van der Waals surface area contributed by atoms with Gasteiger partial charge in [-0.05, 0) is 73.7 Å². The van der Waals surface area contributed by atoms with Gasteiger partial charge in [0.25, 0.3) is 0 Å². The number of hydrogen-bond donors (Lipinski definition) is 0. The topological polar surface area (TPSA) is 7.76 Å². The van der Waals surface area contributed by atoms with E-state index in [1.54, 1.807) is 0 Å². The molecule has 5 aromatic rings. The van der Waals surface area contributed by atoms with Gasteiger partial charge in [0.1, 0.15) is 6.54 Å². The van der Waals surface area contributed by atoms with Gasteiger partial charge in [0, 0.05) is 48.6 Å². The van der Waals surface area contributed by atoms with E-state index < -0.39 is 0 Å². The predicted molar refractivity (Wildman–Crippen MR) is 172 cm³/mol. The van der Waals surface area contributed by atoms with Gasteiger partial charge in [0.15, 0.2) is 17.9 Å². The summed E-state index contributed by atoms with van der Waals surface area (Å²) in [4.78, 5) is 0. The molecule has 0 saturated heterocycles. The second kappa shape index (κ2) is 9.63. The second-order valence-electron chi connectivity index (χ2n) is 12.9. The Kier molecular flexibility index (Phi) is 6.10. The number of aromatic nitrogens is 2. The number of pyridine rings is 2. The van der Waals surface area contributed by atoms with E-state index in [0.717, 1.165) is 19.4 Å². The van der Waals surface area contributed by atoms with Crippen molar-refractivity contribution >= 4 is 0 Å². The predicted octanol–water partition coefficient (Wildman–Crippen LogP) is 8.38. The highest BCUT2D eigenvalue weighted by atomic mass is 15.1. The SMILES string of the molecule is C=C1Cc2ccccc2-c2c(C)ccc[n+]2CCC2(C)c3ccc(C)cc3-c3cc(C)c(-c4ccccc4)c[n+]3C12C. The molecule has 0 aliphatic carbocycles. The lowest BCUT2D eigenvalue weighted by atomic mass is 9.58. The van der Waals surface area contributed by atoms with Gasteiger partial charge in [-0.3, -0.25) is 0 Å². The zero-order valence-corrected chi connectivity index (χ0v) is 25.5. The lowest BCUT2D eigenvalue weighted by molar-refractivity contribution is -0.757. The molecule has 2 heteroatoms. The van der Waals surface area contributed by atoms with Gasteiger partial charge >= 0.3 is 0 Å². The molecule has 7 rings (SSSR count). The average Bonchev–Trinajstić information content (AvgIpc) is 2.99. The maximum atomic E-state index is 4.95. The average molecular weight is 549 g/mol. The molecule has 2 aliphatic rings. The normalized spacial score (nSPS) is 20.9. The van der Waals surface area contributed by atoms with E-state index in [1.807, 2.05) is 0 Å². The molecule has 2 unspecified atom stereocenters. The monoisotopic (exact) mass is 548 g/mol. The molecule has 4 heterocycles. The summed E-state index contributed by atoms with van der Waals surface area (Å²) in [5, 5.41) is 0. The summed E-state index contributed by atoms with van der Waals surface area (Å²) in [7, 11) is 0. The molecule has 3 aromatic carbocycles. The van der Waals surface area contributed by atoms with Crippen LogP contribution in [0.1, 0.15) is 48.1 Å². The van der Waals surface area contributed by atoms with E-state index in [4.69, 9.17) is 6.58 Å². The van der Waals surface area contributed by atoms with Crippen molar-refractivity contribution in [3.8, 4) is 33.6 Å². The molecule has 0 spiro atoms. The molecule has 0 radical (unpaired) electrons. The summed E-state index contributed by atoms with van der Waals surface area (Å²) in [5.74, 6) is 0. The van der Waals surface area contributed by atoms with Crippen LogP contribution in [0.5, 0.6) is 0 Å². The molecule has 0 amide bonds. The van der Waals surface area contributed by atoms with Gasteiger partial charge in [-0.2, -0.15) is 9.13 Å². The van der Waals surface area contributed by atoms with Crippen LogP contribution in [0.2, 0.25) is 0 Å². The van der Waals surface area contributed by atoms with Crippen LogP contribution in [0.25, 0.3) is 33.6 Å². The van der Waals surface area contributed by atoms with Crippen molar-refractivity contribution in [2.45, 2.75) is 65.0 Å². The Labute approximate surface area is 250 Å². The van der Waals surface area contributed by atoms with Gasteiger partial charge in [0.05, 0.1) is 11.0 Å². The van der Waals surface area contributed by atoms with Crippen molar-refractivity contribution in [3.63, 3.8) is 0 Å². The maximum absolute atomic E-state index is 4.95. The molecule has 2 atom stereocenters. The largest absolute Gasteiger partial charge is 0.215 e. The van der Waals surface area contributed by atoms with E-state index in [1.165, 1.54) is 67.0 Å². The third-order valence-corrected chi connectivity index (χ3v) is 10.5. The molecule has 2 aromatic heterocycles. The Morgan fingerprint density at radius 2 is 1.50 bits per heavy atom. The summed E-state index contributed by atoms with van der Waals surface area (Å²) < 4.78 is 5.09. The molecular weight excluding hydrogens is 508 g/mol. The van der Waals surface area contributed by atoms with Crippen molar-refractivity contribution in [3.05, 3.63) is 143 Å². The number of hydrogen-bond acceptors (Lipinski definition) is 0. The molecule has 2 nitrogen and oxygen atoms in total. The fourth-order valence-electron chi connectivity index (χ4n) is 7.84. The molecule has 2 aliphatic heterocycles. The first-order chi connectivity index (χ1) is 20.2. The van der Waals surface area contributed by atoms with Gasteiger partial charge in [-0.1, -0.05) is 72.8 Å². The number of benzene rings is 3. The summed E-state index contributed by atoms with van der Waals surface area (Å²) in [5.41, 5.74) is 15.1. The fraction of sp³-hybridized carbons (Fsp3) is 0.250. The van der Waals surface area contributed by atoms with Gasteiger partial charge in [-0.15, -0.1) is 0 Å². The molecule has 208 valence electrons. The standard InChI is InChI=1S/C40H40N2/c1-27-18-19-36-34(23-27)37-24-29(3)35(31-14-8-7-9-15-31)26-42(37)40(6)30(4)25-32-16-10-11-17-33(32)38-28(2)13-12-21-41(38)22-20-39(36,40)5/h7-19,21,23-24,26H,4,20,22,25H2,1-3,5-6H3/q+2. The number of aryl methyl sites for hydroxylation is 4. The minimum absolute atomic E-state index is 0.200. The highest BCUT2D eigenvalue weighted by Crippen LogP contribution is 2.52. The van der Waals surface area contributed by atoms with Crippen LogP contribution >= 0.6 is 0 Å². The summed E-state index contributed by atoms with van der Waals surface area (Å²) in [6.07, 6.45) is 6.51. The highest BCUT2D eigenvalue weighted by Gasteiger charge is 2.60. The Morgan fingerprint density at radius 1 is 0.738 bits per heavy atom. The van der Waals surface area contributed by atoms with E-state index in [-0.39, 0.29) is 11.0 Å². The minimum atomic E-state index is -0.364. The summed E-state index contributed by atoms with van der Waals surface area (Å²) in [6.45, 7) is 17.5. The zero-order chi connectivity index (χ0) is 29.2. The second-order valence-corrected chi connectivity index (χ2v) is 12.9. The van der Waals surface area contributed by atoms with Crippen molar-refractivity contribution < 1.29 is 9.13 Å². The Balaban J connectivity index is 1.55. The van der Waals surface area contributed by atoms with E-state index in [0.29, 0.717) is 0 Å². The van der Waals surface area contributed by atoms with Crippen molar-refractivity contribution in [1.82, 2.24) is 0 Å². The molecule has 0 bridgehead atoms. The van der Waals surface area contributed by atoms with Crippen molar-refractivity contribution in [2.24, 2.45) is 0 Å². The van der Waals surface area contributed by atoms with E-state index in [2.05, 4.69) is 147 Å². The number of fused-ring (bicyclic) bond motifs is 9. The van der Waals surface area contributed by atoms with Gasteiger partial charge in [0.2, 0.25) is 11.4 Å². The summed E-state index contributed by atoms with van der Waals surface area (Å²) >= 11 is 0. The van der Waals surface area contributed by atoms with Gasteiger partial charge < -0.3 is 0 Å². The van der Waals surface area contributed by atoms with Crippen LogP contribution in [0.4, 0.5) is 0 Å². The minimum Gasteiger partial charge on any atom is -0.198 e. The van der Waals surface area contributed by atoms with Crippen LogP contribution in [0, 0.1) is 20.8 Å². The number of allylic oxidation sites excluding steroid dienone is 1. The van der Waals surface area contributed by atoms with Crippen LogP contribution < -0.4 is 9.13 Å². The number of nitrogens with zero attached hydrogens (tertiary/aromatic N) is 2. The lowest BCUT2D eigenvalue weighted by Crippen LogP contribution is -2.69. The highest BCUT2D eigenvalue weighted by molar-refractivity contribution is 5.72. The Hall–Kier alpha value is -4.30. The van der Waals surface area contributed by atoms with Crippen LogP contribution in [0.15, 0.2) is 116 Å². The molecule has 0 saturated carbocycles. The van der Waals surface area contributed by atoms with Crippen LogP contribution in [-0.4, -0.2) is 0 Å². The van der Waals surface area contributed by atoms with Gasteiger partial charge in [-0.25, -0.2) is 0 Å². The third kappa shape index (κ3) is 3.78.